The highest BCUT2D eigenvalue weighted by atomic mass is 35.5. The Hall–Kier alpha value is -0.810. The molecule has 2 rings (SSSR count). The molecule has 0 aliphatic carbocycles. The molecule has 0 unspecified atom stereocenters. The highest BCUT2D eigenvalue weighted by molar-refractivity contribution is 7.16. The van der Waals surface area contributed by atoms with Crippen LogP contribution in [-0.2, 0) is 19.6 Å². The maximum atomic E-state index is 5.93. The molecular weight excluding hydrogens is 280 g/mol. The fourth-order valence-corrected chi connectivity index (χ4v) is 3.04. The van der Waals surface area contributed by atoms with Crippen LogP contribution in [0.1, 0.15) is 23.3 Å². The third kappa shape index (κ3) is 4.66. The summed E-state index contributed by atoms with van der Waals surface area (Å²) in [6.07, 6.45) is 0. The number of furan rings is 1. The summed E-state index contributed by atoms with van der Waals surface area (Å²) >= 11 is 7.56. The molecule has 1 N–H and O–H groups in total. The molecule has 3 nitrogen and oxygen atoms in total. The first-order valence-electron chi connectivity index (χ1n) is 6.38. The molecule has 2 heterocycles. The van der Waals surface area contributed by atoms with Crippen LogP contribution in [-0.4, -0.2) is 18.5 Å². The van der Waals surface area contributed by atoms with Crippen molar-refractivity contribution >= 4 is 22.9 Å². The summed E-state index contributed by atoms with van der Waals surface area (Å²) in [5.74, 6) is 1.99. The summed E-state index contributed by atoms with van der Waals surface area (Å²) < 4.78 is 6.61. The second-order valence-electron chi connectivity index (χ2n) is 4.53. The Balaban J connectivity index is 1.84. The van der Waals surface area contributed by atoms with E-state index in [4.69, 9.17) is 16.0 Å². The number of nitrogens with one attached hydrogen (secondary N) is 1. The molecule has 104 valence electrons. The first-order chi connectivity index (χ1) is 9.17. The lowest BCUT2D eigenvalue weighted by Gasteiger charge is -2.13. The fraction of sp³-hybridized carbons (Fsp3) is 0.429. The summed E-state index contributed by atoms with van der Waals surface area (Å²) in [7, 11) is 2.08. The van der Waals surface area contributed by atoms with Gasteiger partial charge in [-0.15, -0.1) is 11.3 Å². The molecule has 0 saturated carbocycles. The van der Waals surface area contributed by atoms with Gasteiger partial charge >= 0.3 is 0 Å². The SMILES string of the molecule is CCNCc1ccc(CN(C)Cc2ccc(Cl)s2)o1. The number of halogens is 1. The average molecular weight is 299 g/mol. The Kier molecular flexibility index (Phi) is 5.45. The van der Waals surface area contributed by atoms with Gasteiger partial charge in [0.2, 0.25) is 0 Å². The van der Waals surface area contributed by atoms with Crippen molar-refractivity contribution < 1.29 is 4.42 Å². The van der Waals surface area contributed by atoms with Gasteiger partial charge in [0, 0.05) is 11.4 Å². The van der Waals surface area contributed by atoms with Crippen LogP contribution < -0.4 is 5.32 Å². The zero-order chi connectivity index (χ0) is 13.7. The largest absolute Gasteiger partial charge is 0.463 e. The molecule has 2 aromatic heterocycles. The van der Waals surface area contributed by atoms with E-state index in [0.717, 1.165) is 42.0 Å². The van der Waals surface area contributed by atoms with Gasteiger partial charge in [-0.3, -0.25) is 4.90 Å². The van der Waals surface area contributed by atoms with E-state index in [-0.39, 0.29) is 0 Å². The monoisotopic (exact) mass is 298 g/mol. The normalized spacial score (nSPS) is 11.4. The number of hydrogen-bond acceptors (Lipinski definition) is 4. The van der Waals surface area contributed by atoms with E-state index < -0.39 is 0 Å². The topological polar surface area (TPSA) is 28.4 Å². The van der Waals surface area contributed by atoms with Gasteiger partial charge in [-0.25, -0.2) is 0 Å². The van der Waals surface area contributed by atoms with E-state index in [2.05, 4.69) is 30.3 Å². The Morgan fingerprint density at radius 3 is 2.68 bits per heavy atom. The number of thiophene rings is 1. The van der Waals surface area contributed by atoms with Crippen molar-refractivity contribution in [3.8, 4) is 0 Å². The van der Waals surface area contributed by atoms with Crippen LogP contribution in [0.4, 0.5) is 0 Å². The molecular formula is C14H19ClN2OS. The standard InChI is InChI=1S/C14H19ClN2OS/c1-3-16-8-11-4-5-12(18-11)9-17(2)10-13-6-7-14(15)19-13/h4-7,16H,3,8-10H2,1-2H3. The zero-order valence-electron chi connectivity index (χ0n) is 11.3. The highest BCUT2D eigenvalue weighted by Gasteiger charge is 2.07. The van der Waals surface area contributed by atoms with Crippen molar-refractivity contribution in [2.75, 3.05) is 13.6 Å². The van der Waals surface area contributed by atoms with Crippen LogP contribution in [0.3, 0.4) is 0 Å². The first-order valence-corrected chi connectivity index (χ1v) is 7.58. The van der Waals surface area contributed by atoms with Gasteiger partial charge in [-0.05, 0) is 37.9 Å². The van der Waals surface area contributed by atoms with Crippen LogP contribution in [0.5, 0.6) is 0 Å². The highest BCUT2D eigenvalue weighted by Crippen LogP contribution is 2.23. The molecule has 0 spiro atoms. The second kappa shape index (κ2) is 7.10. The molecule has 0 aliphatic rings. The average Bonchev–Trinajstić information content (AvgIpc) is 2.96. The molecule has 0 fully saturated rings. The van der Waals surface area contributed by atoms with Crippen LogP contribution in [0.2, 0.25) is 4.34 Å². The molecule has 2 aromatic rings. The van der Waals surface area contributed by atoms with Gasteiger partial charge in [0.1, 0.15) is 11.5 Å². The lowest BCUT2D eigenvalue weighted by Crippen LogP contribution is -2.16. The van der Waals surface area contributed by atoms with E-state index in [1.165, 1.54) is 4.88 Å². The minimum absolute atomic E-state index is 0.792. The van der Waals surface area contributed by atoms with Crippen LogP contribution in [0, 0.1) is 0 Å². The maximum absolute atomic E-state index is 5.93. The van der Waals surface area contributed by atoms with Gasteiger partial charge in [0.05, 0.1) is 17.4 Å². The van der Waals surface area contributed by atoms with E-state index in [9.17, 15) is 0 Å². The minimum Gasteiger partial charge on any atom is -0.463 e. The molecule has 0 aliphatic heterocycles. The Morgan fingerprint density at radius 2 is 2.00 bits per heavy atom. The van der Waals surface area contributed by atoms with Crippen molar-refractivity contribution in [2.45, 2.75) is 26.6 Å². The van der Waals surface area contributed by atoms with Crippen molar-refractivity contribution in [3.63, 3.8) is 0 Å². The Morgan fingerprint density at radius 1 is 1.21 bits per heavy atom. The van der Waals surface area contributed by atoms with Gasteiger partial charge in [0.25, 0.3) is 0 Å². The lowest BCUT2D eigenvalue weighted by molar-refractivity contribution is 0.285. The summed E-state index contributed by atoms with van der Waals surface area (Å²) in [5.41, 5.74) is 0. The van der Waals surface area contributed by atoms with Crippen LogP contribution in [0.25, 0.3) is 0 Å². The van der Waals surface area contributed by atoms with Crippen molar-refractivity contribution in [2.24, 2.45) is 0 Å². The molecule has 0 atom stereocenters. The summed E-state index contributed by atoms with van der Waals surface area (Å²) in [6.45, 7) is 5.53. The molecule has 0 saturated heterocycles. The molecule has 0 bridgehead atoms. The van der Waals surface area contributed by atoms with E-state index in [1.807, 2.05) is 18.2 Å². The van der Waals surface area contributed by atoms with Gasteiger partial charge in [0.15, 0.2) is 0 Å². The minimum atomic E-state index is 0.792. The summed E-state index contributed by atoms with van der Waals surface area (Å²) in [6, 6.07) is 8.09. The number of rotatable bonds is 7. The number of hydrogen-bond donors (Lipinski definition) is 1. The molecule has 0 amide bonds. The summed E-state index contributed by atoms with van der Waals surface area (Å²) in [4.78, 5) is 3.49. The van der Waals surface area contributed by atoms with Crippen molar-refractivity contribution in [3.05, 3.63) is 45.0 Å². The van der Waals surface area contributed by atoms with Gasteiger partial charge in [-0.1, -0.05) is 18.5 Å². The third-order valence-electron chi connectivity index (χ3n) is 2.75. The predicted octanol–water partition coefficient (Wildman–Crippen LogP) is 3.74. The van der Waals surface area contributed by atoms with E-state index in [1.54, 1.807) is 11.3 Å². The van der Waals surface area contributed by atoms with Crippen LogP contribution in [0.15, 0.2) is 28.7 Å². The second-order valence-corrected chi connectivity index (χ2v) is 6.33. The van der Waals surface area contributed by atoms with Gasteiger partial charge < -0.3 is 9.73 Å². The quantitative estimate of drug-likeness (QED) is 0.844. The van der Waals surface area contributed by atoms with Gasteiger partial charge in [-0.2, -0.15) is 0 Å². The Bertz CT molecular complexity index is 509. The zero-order valence-corrected chi connectivity index (χ0v) is 12.9. The molecule has 19 heavy (non-hydrogen) atoms. The molecule has 0 aromatic carbocycles. The Labute approximate surface area is 123 Å². The molecule has 0 radical (unpaired) electrons. The third-order valence-corrected chi connectivity index (χ3v) is 3.96. The van der Waals surface area contributed by atoms with E-state index in [0.29, 0.717) is 0 Å². The van der Waals surface area contributed by atoms with E-state index >= 15 is 0 Å². The number of nitrogens with zero attached hydrogens (tertiary/aromatic N) is 1. The smallest absolute Gasteiger partial charge is 0.118 e. The molecule has 5 heteroatoms. The predicted molar refractivity (Wildman–Crippen MR) is 80.6 cm³/mol. The van der Waals surface area contributed by atoms with Crippen LogP contribution >= 0.6 is 22.9 Å². The first kappa shape index (κ1) is 14.6. The summed E-state index contributed by atoms with van der Waals surface area (Å²) in [5, 5.41) is 3.25. The maximum Gasteiger partial charge on any atom is 0.118 e. The van der Waals surface area contributed by atoms with Crippen molar-refractivity contribution in [1.29, 1.82) is 0 Å². The fourth-order valence-electron chi connectivity index (χ4n) is 1.88. The van der Waals surface area contributed by atoms with Crippen molar-refractivity contribution in [1.82, 2.24) is 10.2 Å². The lowest BCUT2D eigenvalue weighted by atomic mass is 10.3.